The first-order valence-electron chi connectivity index (χ1n) is 10.8. The minimum atomic E-state index is -0.296. The van der Waals surface area contributed by atoms with Gasteiger partial charge in [0.05, 0.1) is 24.7 Å². The van der Waals surface area contributed by atoms with E-state index in [1.165, 1.54) is 6.26 Å². The summed E-state index contributed by atoms with van der Waals surface area (Å²) < 4.78 is 6.79. The number of carbonyl (C=O) groups is 2. The lowest BCUT2D eigenvalue weighted by Gasteiger charge is -2.35. The zero-order valence-corrected chi connectivity index (χ0v) is 18.7. The summed E-state index contributed by atoms with van der Waals surface area (Å²) in [5.41, 5.74) is 2.47. The molecule has 0 unspecified atom stereocenters. The molecular formula is C23H27N7O3. The van der Waals surface area contributed by atoms with Gasteiger partial charge in [0.25, 0.3) is 5.91 Å². The predicted molar refractivity (Wildman–Crippen MR) is 125 cm³/mol. The number of anilines is 2. The number of hydrogen-bond acceptors (Lipinski definition) is 5. The highest BCUT2D eigenvalue weighted by molar-refractivity contribution is 6.02. The first-order chi connectivity index (χ1) is 16.0. The fourth-order valence-corrected chi connectivity index (χ4v) is 3.56. The standard InChI is InChI=1S/C23H27N7O3/c1-3-24-23(29-10-11-30(21(31)16-29)19-14-26-28(2)15-19)25-13-17-6-8-18(9-7-17)27-22(32)20-5-4-12-33-20/h4-9,12,14-15H,3,10-11,13,16H2,1-2H3,(H,24,25)(H,27,32). The highest BCUT2D eigenvalue weighted by Crippen LogP contribution is 2.17. The SMILES string of the molecule is CCNC(=NCc1ccc(NC(=O)c2ccco2)cc1)N1CCN(c2cnn(C)c2)C(=O)C1. The molecule has 0 atom stereocenters. The van der Waals surface area contributed by atoms with Crippen LogP contribution in [0.3, 0.4) is 0 Å². The van der Waals surface area contributed by atoms with Crippen LogP contribution in [0, 0.1) is 0 Å². The van der Waals surface area contributed by atoms with Gasteiger partial charge in [-0.1, -0.05) is 12.1 Å². The van der Waals surface area contributed by atoms with Crippen molar-refractivity contribution in [3.05, 3.63) is 66.4 Å². The van der Waals surface area contributed by atoms with Crippen LogP contribution < -0.4 is 15.5 Å². The molecule has 1 saturated heterocycles. The number of nitrogens with one attached hydrogen (secondary N) is 2. The maximum atomic E-state index is 12.7. The van der Waals surface area contributed by atoms with Gasteiger partial charge in [0.2, 0.25) is 5.91 Å². The van der Waals surface area contributed by atoms with Gasteiger partial charge in [-0.15, -0.1) is 0 Å². The molecule has 3 aromatic rings. The first kappa shape index (κ1) is 22.1. The van der Waals surface area contributed by atoms with E-state index in [0.717, 1.165) is 11.3 Å². The predicted octanol–water partition coefficient (Wildman–Crippen LogP) is 2.08. The second-order valence-corrected chi connectivity index (χ2v) is 7.64. The number of rotatable bonds is 6. The van der Waals surface area contributed by atoms with Gasteiger partial charge in [-0.25, -0.2) is 4.99 Å². The van der Waals surface area contributed by atoms with Crippen molar-refractivity contribution in [3.8, 4) is 0 Å². The largest absolute Gasteiger partial charge is 0.459 e. The summed E-state index contributed by atoms with van der Waals surface area (Å²) in [6.07, 6.45) is 5.01. The first-order valence-corrected chi connectivity index (χ1v) is 10.8. The average Bonchev–Trinajstić information content (AvgIpc) is 3.50. The van der Waals surface area contributed by atoms with Crippen molar-refractivity contribution >= 4 is 29.1 Å². The van der Waals surface area contributed by atoms with Gasteiger partial charge in [0, 0.05) is 38.6 Å². The number of amides is 2. The zero-order chi connectivity index (χ0) is 23.2. The van der Waals surface area contributed by atoms with E-state index in [4.69, 9.17) is 9.41 Å². The molecule has 1 aliphatic rings. The van der Waals surface area contributed by atoms with E-state index in [1.54, 1.807) is 27.9 Å². The number of piperazine rings is 1. The summed E-state index contributed by atoms with van der Waals surface area (Å²) in [4.78, 5) is 33.3. The maximum absolute atomic E-state index is 12.7. The second kappa shape index (κ2) is 10.0. The Morgan fingerprint density at radius 1 is 1.21 bits per heavy atom. The van der Waals surface area contributed by atoms with Crippen LogP contribution in [0.4, 0.5) is 11.4 Å². The third-order valence-corrected chi connectivity index (χ3v) is 5.23. The number of aliphatic imine (C=N–C) groups is 1. The molecule has 4 rings (SSSR count). The van der Waals surface area contributed by atoms with E-state index >= 15 is 0 Å². The van der Waals surface area contributed by atoms with Crippen LogP contribution in [0.5, 0.6) is 0 Å². The average molecular weight is 450 g/mol. The van der Waals surface area contributed by atoms with E-state index in [-0.39, 0.29) is 24.1 Å². The Kier molecular flexibility index (Phi) is 6.72. The topological polar surface area (TPSA) is 108 Å². The van der Waals surface area contributed by atoms with E-state index in [2.05, 4.69) is 15.7 Å². The number of carbonyl (C=O) groups excluding carboxylic acids is 2. The molecule has 1 aromatic carbocycles. The minimum absolute atomic E-state index is 0.0107. The molecule has 2 amide bonds. The Labute approximate surface area is 191 Å². The number of hydrogen-bond donors (Lipinski definition) is 2. The number of furan rings is 1. The number of aromatic nitrogens is 2. The molecule has 1 fully saturated rings. The van der Waals surface area contributed by atoms with E-state index in [9.17, 15) is 9.59 Å². The molecule has 33 heavy (non-hydrogen) atoms. The maximum Gasteiger partial charge on any atom is 0.291 e. The summed E-state index contributed by atoms with van der Waals surface area (Å²) in [7, 11) is 1.83. The van der Waals surface area contributed by atoms with Crippen LogP contribution in [-0.2, 0) is 18.4 Å². The molecule has 10 nitrogen and oxygen atoms in total. The Bertz CT molecular complexity index is 1120. The lowest BCUT2D eigenvalue weighted by Crippen LogP contribution is -2.55. The quantitative estimate of drug-likeness (QED) is 0.441. The van der Waals surface area contributed by atoms with Crippen molar-refractivity contribution in [2.45, 2.75) is 13.5 Å². The molecule has 0 bridgehead atoms. The van der Waals surface area contributed by atoms with Gasteiger partial charge in [0.1, 0.15) is 6.54 Å². The van der Waals surface area contributed by atoms with Crippen LogP contribution >= 0.6 is 0 Å². The van der Waals surface area contributed by atoms with Crippen LogP contribution in [0.25, 0.3) is 0 Å². The van der Waals surface area contributed by atoms with Gasteiger partial charge >= 0.3 is 0 Å². The lowest BCUT2D eigenvalue weighted by molar-refractivity contribution is -0.120. The molecule has 172 valence electrons. The summed E-state index contributed by atoms with van der Waals surface area (Å²) in [6, 6.07) is 10.8. The van der Waals surface area contributed by atoms with Crippen LogP contribution in [0.15, 0.2) is 64.5 Å². The van der Waals surface area contributed by atoms with Crippen molar-refractivity contribution < 1.29 is 14.0 Å². The van der Waals surface area contributed by atoms with Gasteiger partial charge < -0.3 is 24.9 Å². The third-order valence-electron chi connectivity index (χ3n) is 5.23. The van der Waals surface area contributed by atoms with Crippen molar-refractivity contribution in [1.82, 2.24) is 20.0 Å². The molecule has 3 heterocycles. The molecule has 1 aliphatic heterocycles. The Morgan fingerprint density at radius 3 is 2.67 bits per heavy atom. The fourth-order valence-electron chi connectivity index (χ4n) is 3.56. The van der Waals surface area contributed by atoms with Crippen LogP contribution in [0.1, 0.15) is 23.0 Å². The number of aryl methyl sites for hydroxylation is 1. The van der Waals surface area contributed by atoms with E-state index < -0.39 is 0 Å². The van der Waals surface area contributed by atoms with E-state index in [1.807, 2.05) is 49.3 Å². The molecule has 10 heteroatoms. The van der Waals surface area contributed by atoms with Crippen molar-refractivity contribution in [1.29, 1.82) is 0 Å². The Hall–Kier alpha value is -4.08. The highest BCUT2D eigenvalue weighted by Gasteiger charge is 2.27. The minimum Gasteiger partial charge on any atom is -0.459 e. The molecule has 0 saturated carbocycles. The normalized spacial score (nSPS) is 14.5. The van der Waals surface area contributed by atoms with Crippen molar-refractivity contribution in [3.63, 3.8) is 0 Å². The van der Waals surface area contributed by atoms with Crippen molar-refractivity contribution in [2.24, 2.45) is 12.0 Å². The molecular weight excluding hydrogens is 422 g/mol. The van der Waals surface area contributed by atoms with Gasteiger partial charge in [0.15, 0.2) is 11.7 Å². The Morgan fingerprint density at radius 2 is 2.03 bits per heavy atom. The second-order valence-electron chi connectivity index (χ2n) is 7.64. The fraction of sp³-hybridized carbons (Fsp3) is 0.304. The van der Waals surface area contributed by atoms with E-state index in [0.29, 0.717) is 37.8 Å². The monoisotopic (exact) mass is 449 g/mol. The van der Waals surface area contributed by atoms with Crippen LogP contribution in [-0.4, -0.2) is 58.6 Å². The number of nitrogens with zero attached hydrogens (tertiary/aromatic N) is 5. The zero-order valence-electron chi connectivity index (χ0n) is 18.7. The summed E-state index contributed by atoms with van der Waals surface area (Å²) >= 11 is 0. The molecule has 0 aliphatic carbocycles. The molecule has 0 spiro atoms. The number of benzene rings is 1. The molecule has 2 N–H and O–H groups in total. The number of guanidine groups is 1. The van der Waals surface area contributed by atoms with Gasteiger partial charge in [-0.2, -0.15) is 5.10 Å². The smallest absolute Gasteiger partial charge is 0.291 e. The summed E-state index contributed by atoms with van der Waals surface area (Å²) in [5.74, 6) is 0.677. The summed E-state index contributed by atoms with van der Waals surface area (Å²) in [6.45, 7) is 4.64. The van der Waals surface area contributed by atoms with Crippen LogP contribution in [0.2, 0.25) is 0 Å². The highest BCUT2D eigenvalue weighted by atomic mass is 16.3. The van der Waals surface area contributed by atoms with Gasteiger partial charge in [-0.05, 0) is 36.8 Å². The molecule has 2 aromatic heterocycles. The lowest BCUT2D eigenvalue weighted by atomic mass is 10.2. The van der Waals surface area contributed by atoms with Gasteiger partial charge in [-0.3, -0.25) is 14.3 Å². The third kappa shape index (κ3) is 5.40. The Balaban J connectivity index is 1.37. The summed E-state index contributed by atoms with van der Waals surface area (Å²) in [5, 5.41) is 10.2. The van der Waals surface area contributed by atoms with Crippen molar-refractivity contribution in [2.75, 3.05) is 36.4 Å². The molecule has 0 radical (unpaired) electrons.